The molecule has 2 atom stereocenters. The van der Waals surface area contributed by atoms with Crippen molar-refractivity contribution in [1.82, 2.24) is 24.0 Å². The molecule has 2 aromatic heterocycles. The molecule has 214 valence electrons. The average molecular weight is 629 g/mol. The molecular formula is C29H28BrF3N6O2. The Hall–Kier alpha value is -3.93. The summed E-state index contributed by atoms with van der Waals surface area (Å²) in [6.45, 7) is 9.36. The predicted molar refractivity (Wildman–Crippen MR) is 154 cm³/mol. The Balaban J connectivity index is 1.60. The highest BCUT2D eigenvalue weighted by molar-refractivity contribution is 9.10. The minimum atomic E-state index is -4.62. The maximum atomic E-state index is 14.0. The van der Waals surface area contributed by atoms with Crippen molar-refractivity contribution in [2.24, 2.45) is 7.05 Å². The summed E-state index contributed by atoms with van der Waals surface area (Å²) in [7, 11) is 1.90. The number of halogens is 4. The van der Waals surface area contributed by atoms with Crippen molar-refractivity contribution in [2.75, 3.05) is 5.32 Å². The maximum absolute atomic E-state index is 14.0. The molecule has 2 aromatic carbocycles. The topological polar surface area (TPSA) is 85.1 Å². The Kier molecular flexibility index (Phi) is 7.31. The fourth-order valence-electron chi connectivity index (χ4n) is 5.21. The molecule has 4 aromatic rings. The molecule has 8 nitrogen and oxygen atoms in total. The molecule has 0 bridgehead atoms. The number of benzene rings is 2. The third-order valence-corrected chi connectivity index (χ3v) is 8.04. The maximum Gasteiger partial charge on any atom is 0.417 e. The van der Waals surface area contributed by atoms with Gasteiger partial charge in [-0.2, -0.15) is 13.2 Å². The van der Waals surface area contributed by atoms with Crippen LogP contribution in [0.15, 0.2) is 58.6 Å². The lowest BCUT2D eigenvalue weighted by Crippen LogP contribution is -2.46. The lowest BCUT2D eigenvalue weighted by Gasteiger charge is -2.35. The first-order chi connectivity index (χ1) is 19.3. The van der Waals surface area contributed by atoms with Gasteiger partial charge in [0, 0.05) is 34.7 Å². The van der Waals surface area contributed by atoms with Crippen molar-refractivity contribution in [3.63, 3.8) is 0 Å². The van der Waals surface area contributed by atoms with Gasteiger partial charge in [-0.3, -0.25) is 9.59 Å². The quantitative estimate of drug-likeness (QED) is 0.283. The van der Waals surface area contributed by atoms with Crippen molar-refractivity contribution in [1.29, 1.82) is 0 Å². The van der Waals surface area contributed by atoms with Crippen LogP contribution >= 0.6 is 15.9 Å². The van der Waals surface area contributed by atoms with E-state index in [0.29, 0.717) is 16.9 Å². The van der Waals surface area contributed by atoms with Crippen LogP contribution in [0, 0.1) is 6.92 Å². The number of imidazole rings is 1. The summed E-state index contributed by atoms with van der Waals surface area (Å²) in [6, 6.07) is 6.44. The molecule has 41 heavy (non-hydrogen) atoms. The summed E-state index contributed by atoms with van der Waals surface area (Å²) >= 11 is 2.92. The Labute approximate surface area is 242 Å². The van der Waals surface area contributed by atoms with Crippen LogP contribution in [-0.4, -0.2) is 42.0 Å². The van der Waals surface area contributed by atoms with Gasteiger partial charge in [0.25, 0.3) is 11.5 Å². The standard InChI is InChI=1S/C29H28BrF3N6O2/c1-6-16(3)35-28-36-24-13-38(26(40)18-7-8-22(30)21(11-18)29(31,32)33)17(4)10-20(24)27(41)39(28)19-9-15(2)25-23(12-19)34-14-37(25)5/h6-9,11-12,14,16-17H,1,10,13H2,2-5H3,(H,35,36). The average Bonchev–Trinajstić information content (AvgIpc) is 3.29. The molecule has 2 unspecified atom stereocenters. The molecule has 1 aliphatic heterocycles. The number of hydrogen-bond acceptors (Lipinski definition) is 5. The van der Waals surface area contributed by atoms with E-state index in [1.54, 1.807) is 19.3 Å². The number of carbonyl (C=O) groups excluding carboxylic acids is 1. The second-order valence-electron chi connectivity index (χ2n) is 10.3. The van der Waals surface area contributed by atoms with E-state index in [-0.39, 0.29) is 40.6 Å². The molecule has 1 aliphatic rings. The van der Waals surface area contributed by atoms with Crippen molar-refractivity contribution in [3.05, 3.63) is 92.1 Å². The van der Waals surface area contributed by atoms with Gasteiger partial charge >= 0.3 is 6.18 Å². The van der Waals surface area contributed by atoms with E-state index in [1.807, 2.05) is 37.6 Å². The second kappa shape index (κ2) is 10.5. The number of amides is 1. The van der Waals surface area contributed by atoms with Crippen LogP contribution in [0.4, 0.5) is 19.1 Å². The number of aromatic nitrogens is 4. The van der Waals surface area contributed by atoms with Crippen molar-refractivity contribution < 1.29 is 18.0 Å². The van der Waals surface area contributed by atoms with E-state index in [1.165, 1.54) is 21.6 Å². The smallest absolute Gasteiger partial charge is 0.349 e. The van der Waals surface area contributed by atoms with Gasteiger partial charge in [-0.15, -0.1) is 6.58 Å². The lowest BCUT2D eigenvalue weighted by atomic mass is 9.98. The van der Waals surface area contributed by atoms with E-state index in [4.69, 9.17) is 4.98 Å². The molecule has 1 N–H and O–H groups in total. The summed E-state index contributed by atoms with van der Waals surface area (Å²) in [4.78, 5) is 38.2. The van der Waals surface area contributed by atoms with E-state index < -0.39 is 23.7 Å². The molecule has 0 saturated heterocycles. The third-order valence-electron chi connectivity index (χ3n) is 7.35. The molecule has 1 amide bonds. The minimum Gasteiger partial charge on any atom is -0.349 e. The molecule has 5 rings (SSSR count). The number of nitrogens with zero attached hydrogens (tertiary/aromatic N) is 5. The van der Waals surface area contributed by atoms with E-state index in [0.717, 1.165) is 22.7 Å². The van der Waals surface area contributed by atoms with Gasteiger partial charge < -0.3 is 14.8 Å². The molecule has 3 heterocycles. The van der Waals surface area contributed by atoms with Crippen LogP contribution in [0.3, 0.4) is 0 Å². The third kappa shape index (κ3) is 5.16. The number of aryl methyl sites for hydroxylation is 2. The van der Waals surface area contributed by atoms with Crippen LogP contribution in [0.1, 0.15) is 46.6 Å². The predicted octanol–water partition coefficient (Wildman–Crippen LogP) is 5.78. The van der Waals surface area contributed by atoms with Crippen LogP contribution in [0.2, 0.25) is 0 Å². The molecular weight excluding hydrogens is 601 g/mol. The zero-order valence-electron chi connectivity index (χ0n) is 22.9. The number of hydrogen-bond donors (Lipinski definition) is 1. The molecule has 0 saturated carbocycles. The zero-order valence-corrected chi connectivity index (χ0v) is 24.5. The monoisotopic (exact) mass is 628 g/mol. The normalized spacial score (nSPS) is 16.0. The van der Waals surface area contributed by atoms with Crippen molar-refractivity contribution in [2.45, 2.75) is 52.0 Å². The Morgan fingerprint density at radius 1 is 1.27 bits per heavy atom. The molecule has 0 radical (unpaired) electrons. The van der Waals surface area contributed by atoms with Gasteiger partial charge in [0.2, 0.25) is 5.95 Å². The number of carbonyl (C=O) groups is 1. The summed E-state index contributed by atoms with van der Waals surface area (Å²) in [6.07, 6.45) is -1.05. The number of anilines is 1. The van der Waals surface area contributed by atoms with E-state index in [9.17, 15) is 22.8 Å². The first kappa shape index (κ1) is 28.6. The van der Waals surface area contributed by atoms with Gasteiger partial charge in [-0.1, -0.05) is 22.0 Å². The summed E-state index contributed by atoms with van der Waals surface area (Å²) in [5.74, 6) is -0.307. The molecule has 12 heteroatoms. The van der Waals surface area contributed by atoms with Gasteiger partial charge in [0.15, 0.2) is 0 Å². The Morgan fingerprint density at radius 3 is 2.68 bits per heavy atom. The fraction of sp³-hybridized carbons (Fsp3) is 0.310. The molecule has 0 spiro atoms. The van der Waals surface area contributed by atoms with Gasteiger partial charge in [-0.25, -0.2) is 14.5 Å². The van der Waals surface area contributed by atoms with Crippen LogP contribution in [0.5, 0.6) is 0 Å². The Bertz CT molecular complexity index is 1760. The summed E-state index contributed by atoms with van der Waals surface area (Å²) < 4.78 is 43.8. The summed E-state index contributed by atoms with van der Waals surface area (Å²) in [5, 5.41) is 3.21. The molecule has 0 fully saturated rings. The summed E-state index contributed by atoms with van der Waals surface area (Å²) in [5.41, 5.74) is 2.73. The Morgan fingerprint density at radius 2 is 2.00 bits per heavy atom. The van der Waals surface area contributed by atoms with Crippen LogP contribution in [-0.2, 0) is 26.2 Å². The van der Waals surface area contributed by atoms with Crippen molar-refractivity contribution >= 4 is 38.8 Å². The van der Waals surface area contributed by atoms with Crippen LogP contribution < -0.4 is 10.9 Å². The number of fused-ring (bicyclic) bond motifs is 2. The van der Waals surface area contributed by atoms with Gasteiger partial charge in [0.05, 0.1) is 40.9 Å². The zero-order chi connectivity index (χ0) is 29.8. The number of rotatable bonds is 5. The first-order valence-electron chi connectivity index (χ1n) is 12.9. The van der Waals surface area contributed by atoms with E-state index in [2.05, 4.69) is 32.8 Å². The highest BCUT2D eigenvalue weighted by Crippen LogP contribution is 2.36. The second-order valence-corrected chi connectivity index (χ2v) is 11.2. The van der Waals surface area contributed by atoms with E-state index >= 15 is 0 Å². The van der Waals surface area contributed by atoms with Crippen LogP contribution in [0.25, 0.3) is 16.7 Å². The number of nitrogens with one attached hydrogen (secondary N) is 1. The highest BCUT2D eigenvalue weighted by atomic mass is 79.9. The lowest BCUT2D eigenvalue weighted by molar-refractivity contribution is -0.138. The molecule has 0 aliphatic carbocycles. The fourth-order valence-corrected chi connectivity index (χ4v) is 5.68. The highest BCUT2D eigenvalue weighted by Gasteiger charge is 2.36. The minimum absolute atomic E-state index is 0.0295. The largest absolute Gasteiger partial charge is 0.417 e. The SMILES string of the molecule is C=CC(C)Nc1nc2c(c(=O)n1-c1cc(C)c3c(c1)ncn3C)CC(C)N(C(=O)c1ccc(Br)c(C(F)(F)F)c1)C2. The van der Waals surface area contributed by atoms with Crippen molar-refractivity contribution in [3.8, 4) is 5.69 Å². The first-order valence-corrected chi connectivity index (χ1v) is 13.7. The van der Waals surface area contributed by atoms with Gasteiger partial charge in [0.1, 0.15) is 0 Å². The van der Waals surface area contributed by atoms with Gasteiger partial charge in [-0.05, 0) is 63.1 Å². The number of alkyl halides is 3.